The van der Waals surface area contributed by atoms with Gasteiger partial charge in [-0.05, 0) is 0 Å². The number of aromatic nitrogens is 2. The Morgan fingerprint density at radius 3 is 1.93 bits per heavy atom. The van der Waals surface area contributed by atoms with Crippen molar-refractivity contribution < 1.29 is 13.2 Å². The van der Waals surface area contributed by atoms with Crippen molar-refractivity contribution in [3.63, 3.8) is 0 Å². The summed E-state index contributed by atoms with van der Waals surface area (Å²) in [5, 5.41) is 0. The molecular weight excluding hydrogens is 205 g/mol. The Morgan fingerprint density at radius 2 is 1.73 bits per heavy atom. The molecule has 1 aromatic heterocycles. The van der Waals surface area contributed by atoms with E-state index in [0.717, 1.165) is 6.20 Å². The largest absolute Gasteiger partial charge is 0.434 e. The number of nitrogens with zero attached hydrogens (tertiary/aromatic N) is 2. The minimum absolute atomic E-state index is 0.00102. The van der Waals surface area contributed by atoms with Crippen molar-refractivity contribution in [2.24, 2.45) is 7.05 Å². The molecule has 0 aliphatic heterocycles. The van der Waals surface area contributed by atoms with Crippen LogP contribution in [0.5, 0.6) is 0 Å². The molecule has 0 aliphatic rings. The molecule has 0 unspecified atom stereocenters. The molecule has 1 rings (SSSR count). The van der Waals surface area contributed by atoms with Crippen molar-refractivity contribution in [2.45, 2.75) is 39.8 Å². The van der Waals surface area contributed by atoms with E-state index in [9.17, 15) is 13.2 Å². The highest BCUT2D eigenvalue weighted by molar-refractivity contribution is 5.09. The molecule has 0 amide bonds. The summed E-state index contributed by atoms with van der Waals surface area (Å²) in [5.41, 5.74) is -0.821. The fraction of sp³-hybridized carbons (Fsp3) is 0.700. The highest BCUT2D eigenvalue weighted by Gasteiger charge is 2.34. The van der Waals surface area contributed by atoms with Crippen LogP contribution in [0.3, 0.4) is 0 Å². The third-order valence-electron chi connectivity index (χ3n) is 1.72. The molecule has 0 atom stereocenters. The van der Waals surface area contributed by atoms with E-state index < -0.39 is 11.9 Å². The second-order valence-corrected chi connectivity index (χ2v) is 3.25. The zero-order valence-corrected chi connectivity index (χ0v) is 9.68. The molecule has 0 aliphatic carbocycles. The molecule has 0 aromatic carbocycles. The van der Waals surface area contributed by atoms with E-state index in [4.69, 9.17) is 0 Å². The summed E-state index contributed by atoms with van der Waals surface area (Å²) >= 11 is 0. The summed E-state index contributed by atoms with van der Waals surface area (Å²) in [5.74, 6) is 0.452. The molecule has 0 N–H and O–H groups in total. The lowest BCUT2D eigenvalue weighted by atomic mass is 10.2. The Hall–Kier alpha value is -1.00. The number of hydrogen-bond acceptors (Lipinski definition) is 1. The van der Waals surface area contributed by atoms with Crippen LogP contribution in [0.15, 0.2) is 6.20 Å². The Bertz CT molecular complexity index is 300. The summed E-state index contributed by atoms with van der Waals surface area (Å²) in [4.78, 5) is 3.52. The van der Waals surface area contributed by atoms with Gasteiger partial charge in [-0.3, -0.25) is 0 Å². The second-order valence-electron chi connectivity index (χ2n) is 3.25. The van der Waals surface area contributed by atoms with Crippen LogP contribution >= 0.6 is 0 Å². The number of imidazole rings is 1. The lowest BCUT2D eigenvalue weighted by Gasteiger charge is -2.02. The fourth-order valence-electron chi connectivity index (χ4n) is 1.15. The number of aryl methyl sites for hydroxylation is 1. The maximum Gasteiger partial charge on any atom is 0.434 e. The van der Waals surface area contributed by atoms with Gasteiger partial charge >= 0.3 is 6.18 Å². The number of halogens is 3. The smallest absolute Gasteiger partial charge is 0.337 e. The van der Waals surface area contributed by atoms with Gasteiger partial charge in [-0.15, -0.1) is 0 Å². The average Bonchev–Trinajstić information content (AvgIpc) is 2.50. The van der Waals surface area contributed by atoms with E-state index in [1.807, 2.05) is 27.7 Å². The maximum absolute atomic E-state index is 12.2. The standard InChI is InChI=1S/C8H11F3N2.C2H6/c1-5(2)7-12-6(4-13(7)3)8(9,10)11;1-2/h4-5H,1-3H3;1-2H3. The van der Waals surface area contributed by atoms with Gasteiger partial charge < -0.3 is 4.57 Å². The van der Waals surface area contributed by atoms with Crippen LogP contribution in [-0.4, -0.2) is 9.55 Å². The van der Waals surface area contributed by atoms with Gasteiger partial charge in [-0.1, -0.05) is 27.7 Å². The van der Waals surface area contributed by atoms with Crippen molar-refractivity contribution in [3.05, 3.63) is 17.7 Å². The van der Waals surface area contributed by atoms with E-state index in [1.165, 1.54) is 4.57 Å². The second kappa shape index (κ2) is 5.19. The molecule has 0 bridgehead atoms. The topological polar surface area (TPSA) is 17.8 Å². The van der Waals surface area contributed by atoms with Crippen molar-refractivity contribution in [2.75, 3.05) is 0 Å². The van der Waals surface area contributed by atoms with Crippen LogP contribution in [0, 0.1) is 0 Å². The lowest BCUT2D eigenvalue weighted by Crippen LogP contribution is -2.05. The van der Waals surface area contributed by atoms with Gasteiger partial charge in [-0.2, -0.15) is 13.2 Å². The van der Waals surface area contributed by atoms with E-state index in [0.29, 0.717) is 5.82 Å². The monoisotopic (exact) mass is 222 g/mol. The van der Waals surface area contributed by atoms with Gasteiger partial charge in [-0.25, -0.2) is 4.98 Å². The summed E-state index contributed by atoms with van der Waals surface area (Å²) in [6.07, 6.45) is -3.33. The molecule has 5 heteroatoms. The van der Waals surface area contributed by atoms with Crippen molar-refractivity contribution in [1.82, 2.24) is 9.55 Å². The first kappa shape index (κ1) is 14.0. The van der Waals surface area contributed by atoms with Crippen LogP contribution < -0.4 is 0 Å². The molecule has 1 aromatic rings. The zero-order chi connectivity index (χ0) is 12.2. The van der Waals surface area contributed by atoms with Gasteiger partial charge in [0.05, 0.1) is 0 Å². The van der Waals surface area contributed by atoms with Gasteiger partial charge in [0.25, 0.3) is 0 Å². The lowest BCUT2D eigenvalue weighted by molar-refractivity contribution is -0.141. The Balaban J connectivity index is 0.000000921. The highest BCUT2D eigenvalue weighted by Crippen LogP contribution is 2.29. The molecule has 2 nitrogen and oxygen atoms in total. The summed E-state index contributed by atoms with van der Waals surface area (Å²) < 4.78 is 37.9. The van der Waals surface area contributed by atoms with Crippen molar-refractivity contribution in [3.8, 4) is 0 Å². The first-order chi connectivity index (χ1) is 6.82. The van der Waals surface area contributed by atoms with Crippen LogP contribution in [0.25, 0.3) is 0 Å². The van der Waals surface area contributed by atoms with Crippen LogP contribution in [-0.2, 0) is 13.2 Å². The molecule has 0 saturated heterocycles. The van der Waals surface area contributed by atoms with Gasteiger partial charge in [0.15, 0.2) is 5.69 Å². The molecule has 15 heavy (non-hydrogen) atoms. The van der Waals surface area contributed by atoms with E-state index in [1.54, 1.807) is 7.05 Å². The fourth-order valence-corrected chi connectivity index (χ4v) is 1.15. The molecule has 1 heterocycles. The first-order valence-electron chi connectivity index (χ1n) is 4.93. The third kappa shape index (κ3) is 3.57. The Kier molecular flexibility index (Phi) is 4.84. The van der Waals surface area contributed by atoms with Crippen molar-refractivity contribution in [1.29, 1.82) is 0 Å². The number of alkyl halides is 3. The minimum atomic E-state index is -4.34. The predicted octanol–water partition coefficient (Wildman–Crippen LogP) is 3.59. The normalized spacial score (nSPS) is 11.3. The van der Waals surface area contributed by atoms with Gasteiger partial charge in [0.1, 0.15) is 5.82 Å². The van der Waals surface area contributed by atoms with Gasteiger partial charge in [0, 0.05) is 19.2 Å². The van der Waals surface area contributed by atoms with Crippen LogP contribution in [0.2, 0.25) is 0 Å². The van der Waals surface area contributed by atoms with Gasteiger partial charge in [0.2, 0.25) is 0 Å². The quantitative estimate of drug-likeness (QED) is 0.710. The molecule has 0 fully saturated rings. The summed E-state index contributed by atoms with van der Waals surface area (Å²) in [6.45, 7) is 7.62. The van der Waals surface area contributed by atoms with E-state index >= 15 is 0 Å². The van der Waals surface area contributed by atoms with E-state index in [2.05, 4.69) is 4.98 Å². The molecule has 88 valence electrons. The molecule has 0 spiro atoms. The van der Waals surface area contributed by atoms with Crippen molar-refractivity contribution >= 4 is 0 Å². The number of rotatable bonds is 1. The molecule has 0 saturated carbocycles. The number of hydrogen-bond donors (Lipinski definition) is 0. The molecule has 0 radical (unpaired) electrons. The highest BCUT2D eigenvalue weighted by atomic mass is 19.4. The van der Waals surface area contributed by atoms with Crippen LogP contribution in [0.1, 0.15) is 45.1 Å². The summed E-state index contributed by atoms with van der Waals surface area (Å²) in [6, 6.07) is 0. The first-order valence-corrected chi connectivity index (χ1v) is 4.93. The third-order valence-corrected chi connectivity index (χ3v) is 1.72. The average molecular weight is 222 g/mol. The zero-order valence-electron chi connectivity index (χ0n) is 9.68. The summed E-state index contributed by atoms with van der Waals surface area (Å²) in [7, 11) is 1.57. The maximum atomic E-state index is 12.2. The minimum Gasteiger partial charge on any atom is -0.337 e. The Morgan fingerprint density at radius 1 is 1.27 bits per heavy atom. The molecular formula is C10H17F3N2. The SMILES string of the molecule is CC.CC(C)c1nc(C(F)(F)F)cn1C. The Labute approximate surface area is 88.1 Å². The van der Waals surface area contributed by atoms with E-state index in [-0.39, 0.29) is 5.92 Å². The van der Waals surface area contributed by atoms with Crippen LogP contribution in [0.4, 0.5) is 13.2 Å². The predicted molar refractivity (Wildman–Crippen MR) is 53.6 cm³/mol.